The summed E-state index contributed by atoms with van der Waals surface area (Å²) in [5.41, 5.74) is 1.39. The molecular weight excluding hydrogens is 588 g/mol. The van der Waals surface area contributed by atoms with Gasteiger partial charge in [0, 0.05) is 38.5 Å². The van der Waals surface area contributed by atoms with E-state index in [4.69, 9.17) is 14.2 Å². The van der Waals surface area contributed by atoms with Crippen LogP contribution in [0.2, 0.25) is 0 Å². The van der Waals surface area contributed by atoms with E-state index in [9.17, 15) is 24.9 Å². The molecule has 3 heterocycles. The Morgan fingerprint density at radius 3 is 2.33 bits per heavy atom. The Morgan fingerprint density at radius 2 is 1.67 bits per heavy atom. The summed E-state index contributed by atoms with van der Waals surface area (Å²) < 4.78 is 17.9. The number of nitrogens with zero attached hydrogens (tertiary/aromatic N) is 2. The molecule has 10 nitrogen and oxygen atoms in total. The molecular formula is C36H50N2O8. The maximum Gasteiger partial charge on any atom is 0.248 e. The molecule has 0 radical (unpaired) electrons. The lowest BCUT2D eigenvalue weighted by Crippen LogP contribution is -2.66. The Bertz CT molecular complexity index is 1410. The predicted molar refractivity (Wildman–Crippen MR) is 172 cm³/mol. The van der Waals surface area contributed by atoms with E-state index in [1.807, 2.05) is 25.1 Å². The molecule has 1 unspecified atom stereocenters. The molecule has 3 aliphatic rings. The Labute approximate surface area is 272 Å². The molecule has 2 amide bonds. The van der Waals surface area contributed by atoms with Crippen molar-refractivity contribution in [2.24, 2.45) is 0 Å². The normalized spacial score (nSPS) is 26.7. The molecule has 3 saturated heterocycles. The Kier molecular flexibility index (Phi) is 9.72. The van der Waals surface area contributed by atoms with Gasteiger partial charge in [-0.15, -0.1) is 0 Å². The van der Waals surface area contributed by atoms with Crippen LogP contribution < -0.4 is 0 Å². The summed E-state index contributed by atoms with van der Waals surface area (Å²) in [7, 11) is 1.71. The van der Waals surface area contributed by atoms with Gasteiger partial charge >= 0.3 is 0 Å². The first kappa shape index (κ1) is 34.5. The zero-order valence-electron chi connectivity index (χ0n) is 28.0. The smallest absolute Gasteiger partial charge is 0.248 e. The lowest BCUT2D eigenvalue weighted by Gasteiger charge is -2.48. The van der Waals surface area contributed by atoms with Gasteiger partial charge in [-0.05, 0) is 82.2 Å². The number of carbonyl (C=O) groups excluding carboxylic acids is 2. The molecule has 3 fully saturated rings. The van der Waals surface area contributed by atoms with E-state index in [-0.39, 0.29) is 24.8 Å². The SMILES string of the molecule is Cc1ccc([C@]23CC(O)[C@H](O)[C@](C(C)(C)O)(CO2)O3)cc1Cc1ccc(CCCC(=O)N(C)C(C)(C)C(=O)N2CCOCC2)cc1. The largest absolute Gasteiger partial charge is 0.390 e. The van der Waals surface area contributed by atoms with Gasteiger partial charge in [0.15, 0.2) is 11.4 Å². The minimum atomic E-state index is -1.44. The van der Waals surface area contributed by atoms with Crippen molar-refractivity contribution in [3.8, 4) is 0 Å². The number of aliphatic hydroxyl groups excluding tert-OH is 2. The van der Waals surface area contributed by atoms with Crippen LogP contribution in [-0.2, 0) is 42.4 Å². The summed E-state index contributed by atoms with van der Waals surface area (Å²) in [5.74, 6) is -1.36. The van der Waals surface area contributed by atoms with Crippen molar-refractivity contribution < 1.29 is 39.1 Å². The first-order valence-electron chi connectivity index (χ1n) is 16.3. The van der Waals surface area contributed by atoms with Crippen LogP contribution in [0, 0.1) is 6.92 Å². The second kappa shape index (κ2) is 13.0. The van der Waals surface area contributed by atoms with Crippen LogP contribution >= 0.6 is 0 Å². The van der Waals surface area contributed by atoms with E-state index >= 15 is 0 Å². The van der Waals surface area contributed by atoms with Gasteiger partial charge in [-0.3, -0.25) is 9.59 Å². The summed E-state index contributed by atoms with van der Waals surface area (Å²) in [6.45, 7) is 10.9. The molecule has 2 bridgehead atoms. The standard InChI is InChI=1S/C36H50N2O8/c1-24-10-15-28(36-22-29(39)31(41)35(46-36,23-45-36)34(4,5)43)21-27(24)20-26-13-11-25(12-14-26)8-7-9-30(40)37(6)33(2,3)32(42)38-16-18-44-19-17-38/h10-15,21,29,31,39,41,43H,7-9,16-20,22-23H2,1-6H3/t29?,31-,35-,36+/m0/s1. The molecule has 3 N–H and O–H groups in total. The van der Waals surface area contributed by atoms with Crippen LogP contribution in [0.5, 0.6) is 0 Å². The molecule has 2 aromatic rings. The zero-order valence-corrected chi connectivity index (χ0v) is 28.0. The summed E-state index contributed by atoms with van der Waals surface area (Å²) in [5, 5.41) is 32.4. The Hall–Kier alpha value is -2.86. The fraction of sp³-hybridized carbons (Fsp3) is 0.611. The molecule has 0 saturated carbocycles. The third-order valence-corrected chi connectivity index (χ3v) is 10.3. The lowest BCUT2D eigenvalue weighted by molar-refractivity contribution is -0.308. The van der Waals surface area contributed by atoms with Gasteiger partial charge in [-0.2, -0.15) is 0 Å². The summed E-state index contributed by atoms with van der Waals surface area (Å²) in [6, 6.07) is 14.3. The third-order valence-electron chi connectivity index (χ3n) is 10.3. The molecule has 0 spiro atoms. The van der Waals surface area contributed by atoms with Crippen LogP contribution in [0.1, 0.15) is 74.8 Å². The number of hydrogen-bond donors (Lipinski definition) is 3. The number of aryl methyl sites for hydroxylation is 2. The Balaban J connectivity index is 1.19. The van der Waals surface area contributed by atoms with Crippen LogP contribution in [-0.4, -0.2) is 106 Å². The van der Waals surface area contributed by atoms with Gasteiger partial charge in [0.2, 0.25) is 11.8 Å². The molecule has 10 heteroatoms. The van der Waals surface area contributed by atoms with Crippen molar-refractivity contribution in [1.82, 2.24) is 9.80 Å². The van der Waals surface area contributed by atoms with Gasteiger partial charge < -0.3 is 39.3 Å². The molecule has 5 rings (SSSR count). The third kappa shape index (κ3) is 6.48. The molecule has 46 heavy (non-hydrogen) atoms. The minimum absolute atomic E-state index is 0.0361. The number of aliphatic hydroxyl groups is 3. The number of amides is 2. The molecule has 3 aliphatic heterocycles. The van der Waals surface area contributed by atoms with Gasteiger partial charge in [-0.25, -0.2) is 0 Å². The van der Waals surface area contributed by atoms with Gasteiger partial charge in [0.05, 0.1) is 31.5 Å². The van der Waals surface area contributed by atoms with Crippen molar-refractivity contribution in [3.05, 3.63) is 70.3 Å². The average Bonchev–Trinajstić information content (AvgIpc) is 3.39. The van der Waals surface area contributed by atoms with Crippen LogP contribution in [0.25, 0.3) is 0 Å². The van der Waals surface area contributed by atoms with Crippen molar-refractivity contribution in [3.63, 3.8) is 0 Å². The Morgan fingerprint density at radius 1 is 1.02 bits per heavy atom. The van der Waals surface area contributed by atoms with Crippen molar-refractivity contribution in [1.29, 1.82) is 0 Å². The molecule has 252 valence electrons. The highest BCUT2D eigenvalue weighted by atomic mass is 16.8. The molecule has 0 aromatic heterocycles. The van der Waals surface area contributed by atoms with E-state index in [1.165, 1.54) is 0 Å². The van der Waals surface area contributed by atoms with E-state index in [0.717, 1.165) is 34.2 Å². The fourth-order valence-electron chi connectivity index (χ4n) is 6.81. The molecule has 4 atom stereocenters. The summed E-state index contributed by atoms with van der Waals surface area (Å²) in [4.78, 5) is 29.5. The predicted octanol–water partition coefficient (Wildman–Crippen LogP) is 2.84. The number of morpholine rings is 1. The number of carbonyl (C=O) groups is 2. The zero-order chi connectivity index (χ0) is 33.5. The van der Waals surface area contributed by atoms with Crippen LogP contribution in [0.4, 0.5) is 0 Å². The number of likely N-dealkylation sites (N-methyl/N-ethyl adjacent to an activating group) is 1. The van der Waals surface area contributed by atoms with Crippen molar-refractivity contribution >= 4 is 11.8 Å². The van der Waals surface area contributed by atoms with Crippen LogP contribution in [0.3, 0.4) is 0 Å². The fourth-order valence-corrected chi connectivity index (χ4v) is 6.81. The minimum Gasteiger partial charge on any atom is -0.390 e. The lowest BCUT2D eigenvalue weighted by atomic mass is 9.76. The van der Waals surface area contributed by atoms with Gasteiger partial charge in [-0.1, -0.05) is 36.4 Å². The summed E-state index contributed by atoms with van der Waals surface area (Å²) in [6.07, 6.45) is 0.134. The first-order chi connectivity index (χ1) is 21.6. The highest BCUT2D eigenvalue weighted by Gasteiger charge is 2.67. The maximum atomic E-state index is 13.1. The number of fused-ring (bicyclic) bond motifs is 2. The average molecular weight is 639 g/mol. The number of ether oxygens (including phenoxy) is 3. The highest BCUT2D eigenvalue weighted by Crippen LogP contribution is 2.53. The van der Waals surface area contributed by atoms with Gasteiger partial charge in [0.1, 0.15) is 11.6 Å². The number of benzene rings is 2. The van der Waals surface area contributed by atoms with Crippen molar-refractivity contribution in [2.75, 3.05) is 40.0 Å². The molecule has 2 aromatic carbocycles. The van der Waals surface area contributed by atoms with Crippen molar-refractivity contribution in [2.45, 2.75) is 101 Å². The van der Waals surface area contributed by atoms with E-state index in [0.29, 0.717) is 45.6 Å². The second-order valence-electron chi connectivity index (χ2n) is 14.2. The molecule has 0 aliphatic carbocycles. The number of rotatable bonds is 10. The maximum absolute atomic E-state index is 13.1. The quantitative estimate of drug-likeness (QED) is 0.363. The van der Waals surface area contributed by atoms with E-state index in [1.54, 1.807) is 44.5 Å². The van der Waals surface area contributed by atoms with E-state index in [2.05, 4.69) is 24.3 Å². The summed E-state index contributed by atoms with van der Waals surface area (Å²) >= 11 is 0. The second-order valence-corrected chi connectivity index (χ2v) is 14.2. The van der Waals surface area contributed by atoms with Crippen LogP contribution in [0.15, 0.2) is 42.5 Å². The first-order valence-corrected chi connectivity index (χ1v) is 16.3. The van der Waals surface area contributed by atoms with E-state index < -0.39 is 34.7 Å². The highest BCUT2D eigenvalue weighted by molar-refractivity contribution is 5.90. The topological polar surface area (TPSA) is 129 Å². The monoisotopic (exact) mass is 638 g/mol. The van der Waals surface area contributed by atoms with Gasteiger partial charge in [0.25, 0.3) is 0 Å². The number of hydrogen-bond acceptors (Lipinski definition) is 8.